The molecule has 0 aliphatic carbocycles. The molecule has 0 bridgehead atoms. The van der Waals surface area contributed by atoms with Crippen LogP contribution in [0, 0.1) is 0 Å². The third kappa shape index (κ3) is 7.48. The van der Waals surface area contributed by atoms with Crippen molar-refractivity contribution in [3.63, 3.8) is 0 Å². The monoisotopic (exact) mass is 403 g/mol. The molecule has 1 aliphatic rings. The van der Waals surface area contributed by atoms with Crippen molar-refractivity contribution < 1.29 is 23.9 Å². The van der Waals surface area contributed by atoms with Crippen LogP contribution >= 0.6 is 0 Å². The first kappa shape index (κ1) is 22.3. The molecule has 1 saturated heterocycles. The second-order valence-electron chi connectivity index (χ2n) is 7.67. The Balaban J connectivity index is 1.75. The second kappa shape index (κ2) is 9.95. The van der Waals surface area contributed by atoms with Crippen molar-refractivity contribution >= 4 is 24.0 Å². The van der Waals surface area contributed by atoms with Crippen LogP contribution in [0.2, 0.25) is 0 Å². The van der Waals surface area contributed by atoms with Gasteiger partial charge >= 0.3 is 6.09 Å². The lowest BCUT2D eigenvalue weighted by molar-refractivity contribution is -0.136. The number of ether oxygens (including phenoxy) is 2. The maximum Gasteiger partial charge on any atom is 0.408 e. The summed E-state index contributed by atoms with van der Waals surface area (Å²) >= 11 is 0. The summed E-state index contributed by atoms with van der Waals surface area (Å²) in [7, 11) is 1.60. The average Bonchev–Trinajstić information content (AvgIpc) is 2.69. The number of hydrogen-bond acceptors (Lipinski definition) is 5. The molecule has 3 amide bonds. The minimum atomic E-state index is -0.622. The van der Waals surface area contributed by atoms with E-state index in [-0.39, 0.29) is 18.4 Å². The first-order valence-corrected chi connectivity index (χ1v) is 9.53. The van der Waals surface area contributed by atoms with Gasteiger partial charge in [0.2, 0.25) is 11.8 Å². The molecule has 0 radical (unpaired) electrons. The van der Waals surface area contributed by atoms with Crippen LogP contribution in [-0.4, -0.2) is 73.1 Å². The number of benzene rings is 1. The Hall–Kier alpha value is -3.03. The van der Waals surface area contributed by atoms with Crippen LogP contribution < -0.4 is 10.1 Å². The van der Waals surface area contributed by atoms with Gasteiger partial charge in [-0.15, -0.1) is 0 Å². The van der Waals surface area contributed by atoms with E-state index in [2.05, 4.69) is 5.32 Å². The summed E-state index contributed by atoms with van der Waals surface area (Å²) in [5.74, 6) is 0.465. The molecule has 158 valence electrons. The number of amides is 3. The van der Waals surface area contributed by atoms with Crippen LogP contribution in [0.5, 0.6) is 5.75 Å². The molecule has 8 nitrogen and oxygen atoms in total. The summed E-state index contributed by atoms with van der Waals surface area (Å²) in [6, 6.07) is 7.41. The molecule has 1 heterocycles. The van der Waals surface area contributed by atoms with Gasteiger partial charge in [-0.2, -0.15) is 0 Å². The van der Waals surface area contributed by atoms with Gasteiger partial charge in [0, 0.05) is 32.3 Å². The van der Waals surface area contributed by atoms with Crippen molar-refractivity contribution in [2.75, 3.05) is 39.8 Å². The zero-order chi connectivity index (χ0) is 21.4. The molecule has 0 saturated carbocycles. The summed E-state index contributed by atoms with van der Waals surface area (Å²) < 4.78 is 10.2. The molecule has 0 atom stereocenters. The van der Waals surface area contributed by atoms with Crippen LogP contribution in [0.25, 0.3) is 6.08 Å². The predicted molar refractivity (Wildman–Crippen MR) is 109 cm³/mol. The molecule has 1 N–H and O–H groups in total. The number of nitrogens with zero attached hydrogens (tertiary/aromatic N) is 2. The third-order valence-corrected chi connectivity index (χ3v) is 4.26. The van der Waals surface area contributed by atoms with Gasteiger partial charge in [0.15, 0.2) is 0 Å². The highest BCUT2D eigenvalue weighted by Crippen LogP contribution is 2.13. The second-order valence-corrected chi connectivity index (χ2v) is 7.67. The lowest BCUT2D eigenvalue weighted by Crippen LogP contribution is -2.52. The summed E-state index contributed by atoms with van der Waals surface area (Å²) in [4.78, 5) is 39.6. The van der Waals surface area contributed by atoms with Gasteiger partial charge in [0.25, 0.3) is 0 Å². The van der Waals surface area contributed by atoms with Gasteiger partial charge in [-0.25, -0.2) is 4.79 Å². The lowest BCUT2D eigenvalue weighted by Gasteiger charge is -2.34. The van der Waals surface area contributed by atoms with Crippen LogP contribution in [0.1, 0.15) is 26.3 Å². The number of nitrogens with one attached hydrogen (secondary N) is 1. The normalized spacial score (nSPS) is 14.6. The van der Waals surface area contributed by atoms with Gasteiger partial charge in [0.1, 0.15) is 17.9 Å². The quantitative estimate of drug-likeness (QED) is 0.759. The number of carbonyl (C=O) groups is 3. The Morgan fingerprint density at radius 2 is 1.62 bits per heavy atom. The summed E-state index contributed by atoms with van der Waals surface area (Å²) in [5.41, 5.74) is 0.291. The highest BCUT2D eigenvalue weighted by molar-refractivity contribution is 5.92. The van der Waals surface area contributed by atoms with Gasteiger partial charge < -0.3 is 24.6 Å². The van der Waals surface area contributed by atoms with Gasteiger partial charge in [-0.3, -0.25) is 9.59 Å². The predicted octanol–water partition coefficient (Wildman–Crippen LogP) is 1.90. The van der Waals surface area contributed by atoms with Crippen molar-refractivity contribution in [1.82, 2.24) is 15.1 Å². The van der Waals surface area contributed by atoms with Crippen molar-refractivity contribution in [2.45, 2.75) is 26.4 Å². The Labute approximate surface area is 171 Å². The van der Waals surface area contributed by atoms with E-state index in [1.54, 1.807) is 43.8 Å². The SMILES string of the molecule is COc1ccc(/C=C/C(=O)N2CCN(C(=O)CNC(=O)OC(C)(C)C)CC2)cc1. The topological polar surface area (TPSA) is 88.2 Å². The van der Waals surface area contributed by atoms with E-state index >= 15 is 0 Å². The number of hydrogen-bond donors (Lipinski definition) is 1. The van der Waals surface area contributed by atoms with Gasteiger partial charge in [0.05, 0.1) is 7.11 Å². The molecule has 8 heteroatoms. The van der Waals surface area contributed by atoms with Crippen LogP contribution in [0.15, 0.2) is 30.3 Å². The third-order valence-electron chi connectivity index (χ3n) is 4.26. The van der Waals surface area contributed by atoms with E-state index in [4.69, 9.17) is 9.47 Å². The maximum atomic E-state index is 12.4. The molecule has 1 aromatic rings. The zero-order valence-electron chi connectivity index (χ0n) is 17.4. The zero-order valence-corrected chi connectivity index (χ0v) is 17.4. The van der Waals surface area contributed by atoms with Crippen molar-refractivity contribution in [3.05, 3.63) is 35.9 Å². The van der Waals surface area contributed by atoms with Crippen LogP contribution in [-0.2, 0) is 14.3 Å². The fourth-order valence-corrected chi connectivity index (χ4v) is 2.74. The Morgan fingerprint density at radius 1 is 1.03 bits per heavy atom. The lowest BCUT2D eigenvalue weighted by atomic mass is 10.2. The molecular formula is C21H29N3O5. The van der Waals surface area contributed by atoms with Crippen molar-refractivity contribution in [1.29, 1.82) is 0 Å². The highest BCUT2D eigenvalue weighted by atomic mass is 16.6. The van der Waals surface area contributed by atoms with Gasteiger partial charge in [-0.05, 0) is 44.5 Å². The Kier molecular flexibility index (Phi) is 7.64. The molecule has 0 aromatic heterocycles. The van der Waals surface area contributed by atoms with E-state index in [0.29, 0.717) is 26.2 Å². The average molecular weight is 403 g/mol. The Bertz CT molecular complexity index is 745. The number of rotatable bonds is 5. The minimum Gasteiger partial charge on any atom is -0.497 e. The largest absolute Gasteiger partial charge is 0.497 e. The van der Waals surface area contributed by atoms with E-state index in [0.717, 1.165) is 11.3 Å². The first-order valence-electron chi connectivity index (χ1n) is 9.53. The smallest absolute Gasteiger partial charge is 0.408 e. The fraction of sp³-hybridized carbons (Fsp3) is 0.476. The molecule has 0 unspecified atom stereocenters. The number of carbonyl (C=O) groups excluding carboxylic acids is 3. The summed E-state index contributed by atoms with van der Waals surface area (Å²) in [5, 5.41) is 2.46. The maximum absolute atomic E-state index is 12.4. The number of methoxy groups -OCH3 is 1. The molecule has 29 heavy (non-hydrogen) atoms. The minimum absolute atomic E-state index is 0.0974. The Morgan fingerprint density at radius 3 is 2.17 bits per heavy atom. The van der Waals surface area contributed by atoms with E-state index < -0.39 is 11.7 Å². The molecule has 1 aromatic carbocycles. The van der Waals surface area contributed by atoms with E-state index in [9.17, 15) is 14.4 Å². The van der Waals surface area contributed by atoms with Crippen LogP contribution in [0.3, 0.4) is 0 Å². The number of alkyl carbamates (subject to hydrolysis) is 1. The first-order chi connectivity index (χ1) is 13.7. The van der Waals surface area contributed by atoms with E-state index in [1.165, 1.54) is 6.08 Å². The molecule has 0 spiro atoms. The molecular weight excluding hydrogens is 374 g/mol. The fourth-order valence-electron chi connectivity index (χ4n) is 2.74. The molecule has 2 rings (SSSR count). The van der Waals surface area contributed by atoms with Crippen molar-refractivity contribution in [2.24, 2.45) is 0 Å². The highest BCUT2D eigenvalue weighted by Gasteiger charge is 2.24. The standard InChI is InChI=1S/C21H29N3O5/c1-21(2,3)29-20(27)22-15-19(26)24-13-11-23(12-14-24)18(25)10-7-16-5-8-17(28-4)9-6-16/h5-10H,11-15H2,1-4H3,(H,22,27)/b10-7+. The summed E-state index contributed by atoms with van der Waals surface area (Å²) in [6.45, 7) is 6.90. The number of piperazine rings is 1. The van der Waals surface area contributed by atoms with E-state index in [1.807, 2.05) is 24.3 Å². The summed E-state index contributed by atoms with van der Waals surface area (Å²) in [6.07, 6.45) is 2.66. The molecule has 1 fully saturated rings. The van der Waals surface area contributed by atoms with Crippen molar-refractivity contribution in [3.8, 4) is 5.75 Å². The molecule has 1 aliphatic heterocycles. The van der Waals surface area contributed by atoms with Crippen LogP contribution in [0.4, 0.5) is 4.79 Å². The van der Waals surface area contributed by atoms with Gasteiger partial charge in [-0.1, -0.05) is 12.1 Å².